The van der Waals surface area contributed by atoms with Crippen LogP contribution in [0.4, 0.5) is 17.1 Å². The number of rotatable bonds is 14. The van der Waals surface area contributed by atoms with Crippen LogP contribution in [-0.2, 0) is 16.0 Å². The SMILES string of the molecule is CCCc1ccc(N(C(=O)CN(/C=C\N(C(=O)C(C)CC(=N)c2ccccc2N)c2ccccc2)CO)C(C)C)cc1. The third-order valence-corrected chi connectivity index (χ3v) is 6.97. The molecule has 42 heavy (non-hydrogen) atoms. The Morgan fingerprint density at radius 2 is 1.55 bits per heavy atom. The second-order valence-corrected chi connectivity index (χ2v) is 10.7. The summed E-state index contributed by atoms with van der Waals surface area (Å²) in [6.07, 6.45) is 5.36. The molecule has 0 radical (unpaired) electrons. The Bertz CT molecular complexity index is 1360. The van der Waals surface area contributed by atoms with Crippen LogP contribution < -0.4 is 15.5 Å². The quantitative estimate of drug-likeness (QED) is 0.129. The maximum Gasteiger partial charge on any atom is 0.246 e. The van der Waals surface area contributed by atoms with Crippen LogP contribution in [0.3, 0.4) is 0 Å². The van der Waals surface area contributed by atoms with E-state index in [-0.39, 0.29) is 36.5 Å². The monoisotopic (exact) mass is 569 g/mol. The maximum atomic E-state index is 13.7. The van der Waals surface area contributed by atoms with E-state index in [4.69, 9.17) is 11.1 Å². The van der Waals surface area contributed by atoms with E-state index in [1.165, 1.54) is 15.4 Å². The van der Waals surface area contributed by atoms with Crippen molar-refractivity contribution in [1.29, 1.82) is 5.41 Å². The van der Waals surface area contributed by atoms with Crippen LogP contribution in [0.1, 0.15) is 51.7 Å². The van der Waals surface area contributed by atoms with Gasteiger partial charge in [-0.1, -0.05) is 68.8 Å². The number of carbonyl (C=O) groups excluding carboxylic acids is 2. The molecule has 8 heteroatoms. The molecule has 0 aliphatic carbocycles. The smallest absolute Gasteiger partial charge is 0.246 e. The van der Waals surface area contributed by atoms with Crippen molar-refractivity contribution in [2.45, 2.75) is 53.0 Å². The minimum atomic E-state index is -0.529. The summed E-state index contributed by atoms with van der Waals surface area (Å²) in [5, 5.41) is 18.7. The fourth-order valence-electron chi connectivity index (χ4n) is 4.79. The van der Waals surface area contributed by atoms with Gasteiger partial charge in [0, 0.05) is 59.1 Å². The number of nitrogens with one attached hydrogen (secondary N) is 1. The zero-order valence-electron chi connectivity index (χ0n) is 25.0. The summed E-state index contributed by atoms with van der Waals surface area (Å²) in [4.78, 5) is 31.8. The minimum absolute atomic E-state index is 0.0772. The first-order chi connectivity index (χ1) is 20.2. The van der Waals surface area contributed by atoms with Gasteiger partial charge in [0.25, 0.3) is 0 Å². The first kappa shape index (κ1) is 32.1. The van der Waals surface area contributed by atoms with Crippen molar-refractivity contribution in [3.8, 4) is 0 Å². The number of para-hydroxylation sites is 2. The molecule has 0 aliphatic heterocycles. The van der Waals surface area contributed by atoms with E-state index >= 15 is 0 Å². The van der Waals surface area contributed by atoms with Gasteiger partial charge in [0.15, 0.2) is 0 Å². The van der Waals surface area contributed by atoms with Gasteiger partial charge in [0.2, 0.25) is 11.8 Å². The summed E-state index contributed by atoms with van der Waals surface area (Å²) in [5.41, 5.74) is 10.1. The van der Waals surface area contributed by atoms with Crippen LogP contribution in [0.5, 0.6) is 0 Å². The predicted molar refractivity (Wildman–Crippen MR) is 171 cm³/mol. The van der Waals surface area contributed by atoms with Crippen molar-refractivity contribution in [2.24, 2.45) is 5.92 Å². The molecule has 222 valence electrons. The molecular formula is C34H43N5O3. The topological polar surface area (TPSA) is 114 Å². The Morgan fingerprint density at radius 1 is 0.905 bits per heavy atom. The van der Waals surface area contributed by atoms with Crippen molar-refractivity contribution >= 4 is 34.6 Å². The summed E-state index contributed by atoms with van der Waals surface area (Å²) in [6, 6.07) is 24.2. The number of aryl methyl sites for hydroxylation is 1. The highest BCUT2D eigenvalue weighted by Crippen LogP contribution is 2.23. The number of hydrogen-bond acceptors (Lipinski definition) is 6. The molecule has 0 aliphatic rings. The van der Waals surface area contributed by atoms with Gasteiger partial charge < -0.3 is 26.0 Å². The van der Waals surface area contributed by atoms with Crippen LogP contribution in [0.15, 0.2) is 91.3 Å². The summed E-state index contributed by atoms with van der Waals surface area (Å²) in [6.45, 7) is 7.33. The first-order valence-corrected chi connectivity index (χ1v) is 14.4. The lowest BCUT2D eigenvalue weighted by Crippen LogP contribution is -2.43. The fraction of sp³-hybridized carbons (Fsp3) is 0.324. The van der Waals surface area contributed by atoms with Gasteiger partial charge in [-0.25, -0.2) is 0 Å². The molecule has 1 unspecified atom stereocenters. The standard InChI is InChI=1S/C34H43N5O3/c1-5-11-27-16-18-29(19-17-27)39(25(2)3)33(41)23-37(24-40)20-21-38(28-12-7-6-8-13-28)34(42)26(4)22-32(36)30-14-9-10-15-31(30)35/h6-10,12-21,25-26,36,40H,5,11,22-24,35H2,1-4H3/b21-20-,36-32?. The third-order valence-electron chi connectivity index (χ3n) is 6.97. The van der Waals surface area contributed by atoms with Gasteiger partial charge in [0.05, 0.1) is 6.54 Å². The Labute approximate surface area is 249 Å². The second kappa shape index (κ2) is 15.5. The van der Waals surface area contributed by atoms with E-state index in [9.17, 15) is 14.7 Å². The molecule has 2 amide bonds. The number of aliphatic hydroxyl groups excluding tert-OH is 1. The Morgan fingerprint density at radius 3 is 2.14 bits per heavy atom. The van der Waals surface area contributed by atoms with Gasteiger partial charge in [-0.05, 0) is 56.2 Å². The Hall–Kier alpha value is -4.43. The van der Waals surface area contributed by atoms with Crippen molar-refractivity contribution in [1.82, 2.24) is 4.90 Å². The van der Waals surface area contributed by atoms with Crippen LogP contribution in [0.2, 0.25) is 0 Å². The molecule has 3 rings (SSSR count). The molecule has 0 saturated heterocycles. The van der Waals surface area contributed by atoms with Crippen molar-refractivity contribution in [3.05, 3.63) is 102 Å². The lowest BCUT2D eigenvalue weighted by atomic mass is 9.96. The lowest BCUT2D eigenvalue weighted by Gasteiger charge is -2.30. The summed E-state index contributed by atoms with van der Waals surface area (Å²) in [5.74, 6) is -0.929. The minimum Gasteiger partial charge on any atom is -0.398 e. The zero-order chi connectivity index (χ0) is 30.6. The number of nitrogen functional groups attached to an aromatic ring is 1. The van der Waals surface area contributed by atoms with Crippen LogP contribution in [0, 0.1) is 11.3 Å². The number of anilines is 3. The van der Waals surface area contributed by atoms with E-state index in [1.54, 1.807) is 36.4 Å². The average Bonchev–Trinajstić information content (AvgIpc) is 2.98. The molecule has 8 nitrogen and oxygen atoms in total. The fourth-order valence-corrected chi connectivity index (χ4v) is 4.79. The molecule has 0 fully saturated rings. The summed E-state index contributed by atoms with van der Waals surface area (Å²) >= 11 is 0. The van der Waals surface area contributed by atoms with E-state index in [0.29, 0.717) is 16.9 Å². The second-order valence-electron chi connectivity index (χ2n) is 10.7. The van der Waals surface area contributed by atoms with Gasteiger partial charge >= 0.3 is 0 Å². The number of nitrogens with zero attached hydrogens (tertiary/aromatic N) is 3. The summed E-state index contributed by atoms with van der Waals surface area (Å²) < 4.78 is 0. The number of nitrogens with two attached hydrogens (primary N) is 1. The molecule has 0 saturated carbocycles. The number of hydrogen-bond donors (Lipinski definition) is 3. The largest absolute Gasteiger partial charge is 0.398 e. The molecule has 1 atom stereocenters. The molecule has 0 aromatic heterocycles. The van der Waals surface area contributed by atoms with Gasteiger partial charge in [0.1, 0.15) is 6.73 Å². The maximum absolute atomic E-state index is 13.7. The van der Waals surface area contributed by atoms with E-state index < -0.39 is 12.6 Å². The van der Waals surface area contributed by atoms with Crippen molar-refractivity contribution < 1.29 is 14.7 Å². The number of benzene rings is 3. The number of amides is 2. The van der Waals surface area contributed by atoms with E-state index in [1.807, 2.05) is 80.6 Å². The Balaban J connectivity index is 1.78. The predicted octanol–water partition coefficient (Wildman–Crippen LogP) is 5.81. The highest BCUT2D eigenvalue weighted by molar-refractivity contribution is 6.06. The van der Waals surface area contributed by atoms with Crippen molar-refractivity contribution in [3.63, 3.8) is 0 Å². The number of carbonyl (C=O) groups is 2. The molecule has 3 aromatic carbocycles. The molecular weight excluding hydrogens is 526 g/mol. The molecule has 0 bridgehead atoms. The van der Waals surface area contributed by atoms with Gasteiger partial charge in [-0.15, -0.1) is 0 Å². The van der Waals surface area contributed by atoms with Gasteiger partial charge in [-0.3, -0.25) is 14.5 Å². The Kier molecular flexibility index (Phi) is 11.9. The molecule has 0 spiro atoms. The first-order valence-electron chi connectivity index (χ1n) is 14.4. The molecule has 4 N–H and O–H groups in total. The zero-order valence-corrected chi connectivity index (χ0v) is 25.0. The average molecular weight is 570 g/mol. The van der Waals surface area contributed by atoms with E-state index in [0.717, 1.165) is 18.5 Å². The lowest BCUT2D eigenvalue weighted by molar-refractivity contribution is -0.121. The van der Waals surface area contributed by atoms with Crippen LogP contribution in [-0.4, -0.2) is 46.8 Å². The van der Waals surface area contributed by atoms with Crippen LogP contribution in [0.25, 0.3) is 0 Å². The highest BCUT2D eigenvalue weighted by Gasteiger charge is 2.24. The van der Waals surface area contributed by atoms with Crippen LogP contribution >= 0.6 is 0 Å². The summed E-state index contributed by atoms with van der Waals surface area (Å²) in [7, 11) is 0. The van der Waals surface area contributed by atoms with Gasteiger partial charge in [-0.2, -0.15) is 0 Å². The third kappa shape index (κ3) is 8.54. The molecule has 0 heterocycles. The normalized spacial score (nSPS) is 11.9. The highest BCUT2D eigenvalue weighted by atomic mass is 16.3. The molecule has 3 aromatic rings. The van der Waals surface area contributed by atoms with Crippen molar-refractivity contribution in [2.75, 3.05) is 28.8 Å². The number of aliphatic hydroxyl groups is 1. The van der Waals surface area contributed by atoms with E-state index in [2.05, 4.69) is 6.92 Å².